The van der Waals surface area contributed by atoms with E-state index in [0.717, 1.165) is 0 Å². The summed E-state index contributed by atoms with van der Waals surface area (Å²) < 4.78 is 51.0. The van der Waals surface area contributed by atoms with Crippen molar-refractivity contribution in [3.05, 3.63) is 53.8 Å². The van der Waals surface area contributed by atoms with Crippen LogP contribution in [0.2, 0.25) is 0 Å². The lowest BCUT2D eigenvalue weighted by molar-refractivity contribution is -0.118. The first kappa shape index (κ1) is 20.2. The molecule has 28 heavy (non-hydrogen) atoms. The van der Waals surface area contributed by atoms with Crippen LogP contribution < -0.4 is 10.1 Å². The van der Waals surface area contributed by atoms with Gasteiger partial charge < -0.3 is 14.8 Å². The molecule has 1 fully saturated rings. The van der Waals surface area contributed by atoms with Crippen LogP contribution in [0.15, 0.2) is 47.4 Å². The molecule has 0 unspecified atom stereocenters. The maximum Gasteiger partial charge on any atom is 0.262 e. The van der Waals surface area contributed by atoms with E-state index in [1.54, 1.807) is 13.0 Å². The fourth-order valence-electron chi connectivity index (χ4n) is 2.77. The molecule has 1 aliphatic rings. The first-order valence-corrected chi connectivity index (χ1v) is 10.2. The Bertz CT molecular complexity index is 959. The Morgan fingerprint density at radius 3 is 2.61 bits per heavy atom. The molecule has 1 amide bonds. The van der Waals surface area contributed by atoms with Crippen molar-refractivity contribution in [2.45, 2.75) is 11.8 Å². The molecular weight excluding hydrogens is 387 g/mol. The summed E-state index contributed by atoms with van der Waals surface area (Å²) in [6, 6.07) is 10.3. The summed E-state index contributed by atoms with van der Waals surface area (Å²) in [6.07, 6.45) is 0. The van der Waals surface area contributed by atoms with E-state index in [4.69, 9.17) is 9.47 Å². The lowest BCUT2D eigenvalue weighted by Gasteiger charge is -2.26. The number of para-hydroxylation sites is 1. The van der Waals surface area contributed by atoms with Crippen molar-refractivity contribution in [2.75, 3.05) is 38.2 Å². The Kier molecular flexibility index (Phi) is 6.28. The van der Waals surface area contributed by atoms with Gasteiger partial charge in [0.25, 0.3) is 5.91 Å². The minimum atomic E-state index is -3.60. The van der Waals surface area contributed by atoms with Crippen LogP contribution >= 0.6 is 0 Å². The molecule has 0 radical (unpaired) electrons. The van der Waals surface area contributed by atoms with Gasteiger partial charge in [0, 0.05) is 13.1 Å². The first-order valence-electron chi connectivity index (χ1n) is 8.73. The number of carbonyl (C=O) groups is 1. The topological polar surface area (TPSA) is 84.9 Å². The number of carbonyl (C=O) groups excluding carboxylic acids is 1. The lowest BCUT2D eigenvalue weighted by Crippen LogP contribution is -2.40. The number of ether oxygens (including phenoxy) is 2. The quantitative estimate of drug-likeness (QED) is 0.792. The third-order valence-electron chi connectivity index (χ3n) is 4.26. The Labute approximate surface area is 163 Å². The van der Waals surface area contributed by atoms with Gasteiger partial charge in [0.05, 0.1) is 23.8 Å². The molecule has 1 heterocycles. The molecule has 150 valence electrons. The van der Waals surface area contributed by atoms with Gasteiger partial charge in [-0.2, -0.15) is 4.31 Å². The van der Waals surface area contributed by atoms with Crippen LogP contribution in [0.25, 0.3) is 0 Å². The van der Waals surface area contributed by atoms with Crippen molar-refractivity contribution in [1.29, 1.82) is 0 Å². The smallest absolute Gasteiger partial charge is 0.262 e. The monoisotopic (exact) mass is 408 g/mol. The number of halogens is 1. The van der Waals surface area contributed by atoms with E-state index >= 15 is 0 Å². The molecule has 2 aromatic carbocycles. The van der Waals surface area contributed by atoms with E-state index < -0.39 is 21.7 Å². The summed E-state index contributed by atoms with van der Waals surface area (Å²) in [5.41, 5.74) is 0.646. The lowest BCUT2D eigenvalue weighted by atomic mass is 10.2. The first-order chi connectivity index (χ1) is 13.4. The molecule has 3 rings (SSSR count). The number of hydrogen-bond donors (Lipinski definition) is 1. The van der Waals surface area contributed by atoms with Gasteiger partial charge in [-0.25, -0.2) is 12.8 Å². The van der Waals surface area contributed by atoms with E-state index in [9.17, 15) is 17.6 Å². The molecule has 0 spiro atoms. The van der Waals surface area contributed by atoms with Crippen molar-refractivity contribution < 1.29 is 27.1 Å². The number of anilines is 1. The van der Waals surface area contributed by atoms with Crippen LogP contribution in [-0.2, 0) is 19.6 Å². The molecule has 0 aromatic heterocycles. The van der Waals surface area contributed by atoms with E-state index in [-0.39, 0.29) is 17.2 Å². The molecule has 0 aliphatic carbocycles. The highest BCUT2D eigenvalue weighted by molar-refractivity contribution is 7.89. The summed E-state index contributed by atoms with van der Waals surface area (Å²) in [6.45, 7) is 2.74. The van der Waals surface area contributed by atoms with Crippen LogP contribution in [0, 0.1) is 12.7 Å². The molecule has 1 saturated heterocycles. The second-order valence-corrected chi connectivity index (χ2v) is 8.20. The summed E-state index contributed by atoms with van der Waals surface area (Å²) in [5, 5.41) is 2.43. The molecule has 0 atom stereocenters. The van der Waals surface area contributed by atoms with E-state index in [1.807, 2.05) is 0 Å². The molecule has 0 saturated carbocycles. The maximum absolute atomic E-state index is 13.6. The van der Waals surface area contributed by atoms with Crippen LogP contribution in [0.4, 0.5) is 10.1 Å². The van der Waals surface area contributed by atoms with Gasteiger partial charge >= 0.3 is 0 Å². The second-order valence-electron chi connectivity index (χ2n) is 6.26. The van der Waals surface area contributed by atoms with Gasteiger partial charge in [0.15, 0.2) is 6.61 Å². The van der Waals surface area contributed by atoms with Crippen molar-refractivity contribution in [3.8, 4) is 5.75 Å². The van der Waals surface area contributed by atoms with Gasteiger partial charge in [-0.3, -0.25) is 4.79 Å². The standard InChI is InChI=1S/C19H21FN2O5S/c1-14-12-15(28(24,25)22-8-10-26-11-9-22)6-7-18(14)27-13-19(23)21-17-5-3-2-4-16(17)20/h2-7,12H,8-11,13H2,1H3,(H,21,23). The number of nitrogens with zero attached hydrogens (tertiary/aromatic N) is 1. The van der Waals surface area contributed by atoms with Gasteiger partial charge in [-0.15, -0.1) is 0 Å². The van der Waals surface area contributed by atoms with Crippen LogP contribution in [0.1, 0.15) is 5.56 Å². The van der Waals surface area contributed by atoms with Crippen molar-refractivity contribution in [3.63, 3.8) is 0 Å². The van der Waals surface area contributed by atoms with Crippen LogP contribution in [0.5, 0.6) is 5.75 Å². The predicted octanol–water partition coefficient (Wildman–Crippen LogP) is 2.17. The van der Waals surface area contributed by atoms with Crippen LogP contribution in [-0.4, -0.2) is 51.5 Å². The average molecular weight is 408 g/mol. The summed E-state index contributed by atoms with van der Waals surface area (Å²) >= 11 is 0. The molecule has 2 aromatic rings. The van der Waals surface area contributed by atoms with Gasteiger partial charge in [-0.1, -0.05) is 12.1 Å². The number of aryl methyl sites for hydroxylation is 1. The van der Waals surface area contributed by atoms with Crippen molar-refractivity contribution >= 4 is 21.6 Å². The number of amides is 1. The molecule has 0 bridgehead atoms. The molecule has 7 nitrogen and oxygen atoms in total. The van der Waals surface area contributed by atoms with E-state index in [0.29, 0.717) is 37.6 Å². The van der Waals surface area contributed by atoms with Gasteiger partial charge in [0.1, 0.15) is 11.6 Å². The molecule has 1 N–H and O–H groups in total. The zero-order valence-corrected chi connectivity index (χ0v) is 16.2. The van der Waals surface area contributed by atoms with Gasteiger partial charge in [0.2, 0.25) is 10.0 Å². The van der Waals surface area contributed by atoms with Gasteiger partial charge in [-0.05, 0) is 42.8 Å². The zero-order chi connectivity index (χ0) is 20.1. The molecule has 9 heteroatoms. The third-order valence-corrected chi connectivity index (χ3v) is 6.16. The number of nitrogens with one attached hydrogen (secondary N) is 1. The fourth-order valence-corrected chi connectivity index (χ4v) is 4.27. The predicted molar refractivity (Wildman–Crippen MR) is 101 cm³/mol. The largest absolute Gasteiger partial charge is 0.483 e. The Balaban J connectivity index is 1.64. The summed E-state index contributed by atoms with van der Waals surface area (Å²) in [7, 11) is -3.60. The summed E-state index contributed by atoms with van der Waals surface area (Å²) in [4.78, 5) is 12.1. The number of benzene rings is 2. The Morgan fingerprint density at radius 2 is 1.93 bits per heavy atom. The van der Waals surface area contributed by atoms with Crippen molar-refractivity contribution in [1.82, 2.24) is 4.31 Å². The highest BCUT2D eigenvalue weighted by Crippen LogP contribution is 2.24. The minimum absolute atomic E-state index is 0.0692. The number of hydrogen-bond acceptors (Lipinski definition) is 5. The second kappa shape index (κ2) is 8.68. The zero-order valence-electron chi connectivity index (χ0n) is 15.4. The average Bonchev–Trinajstić information content (AvgIpc) is 2.69. The maximum atomic E-state index is 13.6. The molecular formula is C19H21FN2O5S. The number of sulfonamides is 1. The van der Waals surface area contributed by atoms with E-state index in [2.05, 4.69) is 5.32 Å². The normalized spacial score (nSPS) is 15.2. The Morgan fingerprint density at radius 1 is 1.21 bits per heavy atom. The third kappa shape index (κ3) is 4.67. The highest BCUT2D eigenvalue weighted by Gasteiger charge is 2.26. The highest BCUT2D eigenvalue weighted by atomic mass is 32.2. The number of morpholine rings is 1. The molecule has 1 aliphatic heterocycles. The van der Waals surface area contributed by atoms with E-state index in [1.165, 1.54) is 40.7 Å². The number of rotatable bonds is 6. The van der Waals surface area contributed by atoms with Crippen LogP contribution in [0.3, 0.4) is 0 Å². The Hall–Kier alpha value is -2.49. The van der Waals surface area contributed by atoms with Crippen molar-refractivity contribution in [2.24, 2.45) is 0 Å². The summed E-state index contributed by atoms with van der Waals surface area (Å²) in [5.74, 6) is -0.677. The fraction of sp³-hybridized carbons (Fsp3) is 0.316. The SMILES string of the molecule is Cc1cc(S(=O)(=O)N2CCOCC2)ccc1OCC(=O)Nc1ccccc1F. The minimum Gasteiger partial charge on any atom is -0.483 e.